The van der Waals surface area contributed by atoms with E-state index in [4.69, 9.17) is 0 Å². The van der Waals surface area contributed by atoms with Crippen molar-refractivity contribution in [2.24, 2.45) is 5.41 Å². The molecule has 1 saturated carbocycles. The van der Waals surface area contributed by atoms with Crippen LogP contribution in [0.3, 0.4) is 0 Å². The molecule has 0 aliphatic heterocycles. The molecule has 1 unspecified atom stereocenters. The largest absolute Gasteiger partial charge is 0.370 e. The molecular weight excluding hydrogens is 233 g/mol. The van der Waals surface area contributed by atoms with Crippen molar-refractivity contribution < 1.29 is 9.18 Å². The molecule has 0 bridgehead atoms. The summed E-state index contributed by atoms with van der Waals surface area (Å²) in [7, 11) is 0. The number of carbonyl (C=O) groups excluding carboxylic acids is 1. The van der Waals surface area contributed by atoms with E-state index in [1.165, 1.54) is 6.07 Å². The number of hydrogen-bond donors (Lipinski definition) is 2. The zero-order chi connectivity index (χ0) is 13.3. The number of pyridine rings is 1. The Hall–Kier alpha value is -1.65. The Morgan fingerprint density at radius 1 is 1.61 bits per heavy atom. The van der Waals surface area contributed by atoms with E-state index in [1.807, 2.05) is 6.92 Å². The van der Waals surface area contributed by atoms with E-state index in [0.29, 0.717) is 12.4 Å². The summed E-state index contributed by atoms with van der Waals surface area (Å²) in [6.07, 6.45) is 2.06. The average molecular weight is 251 g/mol. The molecular formula is C13H18FN3O. The number of carbonyl (C=O) groups is 1. The van der Waals surface area contributed by atoms with E-state index in [2.05, 4.69) is 29.5 Å². The predicted molar refractivity (Wildman–Crippen MR) is 68.0 cm³/mol. The molecule has 1 aromatic rings. The predicted octanol–water partition coefficient (Wildman–Crippen LogP) is 2.18. The quantitative estimate of drug-likeness (QED) is 0.862. The summed E-state index contributed by atoms with van der Waals surface area (Å²) in [4.78, 5) is 16.0. The summed E-state index contributed by atoms with van der Waals surface area (Å²) in [5, 5.41) is 5.86. The molecule has 0 saturated heterocycles. The van der Waals surface area contributed by atoms with E-state index in [0.717, 1.165) is 12.6 Å². The topological polar surface area (TPSA) is 54.0 Å². The molecule has 0 spiro atoms. The van der Waals surface area contributed by atoms with Crippen LogP contribution in [-0.2, 0) is 0 Å². The van der Waals surface area contributed by atoms with Gasteiger partial charge in [-0.1, -0.05) is 13.8 Å². The maximum atomic E-state index is 13.2. The molecule has 5 heteroatoms. The second-order valence-electron chi connectivity index (χ2n) is 5.30. The molecule has 4 nitrogen and oxygen atoms in total. The molecule has 1 aliphatic rings. The minimum absolute atomic E-state index is 0.148. The zero-order valence-electron chi connectivity index (χ0n) is 10.9. The Morgan fingerprint density at radius 2 is 2.28 bits per heavy atom. The van der Waals surface area contributed by atoms with Crippen molar-refractivity contribution in [3.05, 3.63) is 23.6 Å². The molecule has 98 valence electrons. The van der Waals surface area contributed by atoms with Crippen LogP contribution in [0, 0.1) is 11.2 Å². The van der Waals surface area contributed by atoms with Gasteiger partial charge in [0.1, 0.15) is 11.6 Å². The number of halogens is 1. The highest BCUT2D eigenvalue weighted by atomic mass is 19.1. The monoisotopic (exact) mass is 251 g/mol. The van der Waals surface area contributed by atoms with Gasteiger partial charge in [0.25, 0.3) is 5.91 Å². The van der Waals surface area contributed by atoms with Gasteiger partial charge in [0.05, 0.1) is 11.8 Å². The van der Waals surface area contributed by atoms with Gasteiger partial charge in [0, 0.05) is 12.6 Å². The first-order valence-corrected chi connectivity index (χ1v) is 6.14. The normalized spacial score (nSPS) is 20.3. The molecule has 0 radical (unpaired) electrons. The van der Waals surface area contributed by atoms with Crippen LogP contribution < -0.4 is 10.6 Å². The van der Waals surface area contributed by atoms with Gasteiger partial charge < -0.3 is 10.6 Å². The first kappa shape index (κ1) is 12.8. The fourth-order valence-electron chi connectivity index (χ4n) is 1.87. The molecule has 1 aromatic heterocycles. The molecule has 0 aromatic carbocycles. The first-order valence-electron chi connectivity index (χ1n) is 6.14. The number of amides is 1. The lowest BCUT2D eigenvalue weighted by Crippen LogP contribution is -2.29. The third-order valence-corrected chi connectivity index (χ3v) is 3.26. The Bertz CT molecular complexity index is 473. The molecule has 1 amide bonds. The lowest BCUT2D eigenvalue weighted by molar-refractivity contribution is 0.0946. The van der Waals surface area contributed by atoms with Crippen molar-refractivity contribution in [2.45, 2.75) is 33.2 Å². The smallest absolute Gasteiger partial charge is 0.255 e. The Labute approximate surface area is 106 Å². The standard InChI is InChI=1S/C13H18FN3O/c1-4-15-11-9(5-8(14)7-16-11)12(18)17-10-6-13(10,2)3/h5,7,10H,4,6H2,1-3H3,(H,15,16)(H,17,18). The Morgan fingerprint density at radius 3 is 2.83 bits per heavy atom. The summed E-state index contributed by atoms with van der Waals surface area (Å²) < 4.78 is 13.2. The highest BCUT2D eigenvalue weighted by molar-refractivity contribution is 5.99. The fraction of sp³-hybridized carbons (Fsp3) is 0.538. The van der Waals surface area contributed by atoms with Gasteiger partial charge in [-0.25, -0.2) is 9.37 Å². The van der Waals surface area contributed by atoms with Crippen molar-refractivity contribution >= 4 is 11.7 Å². The van der Waals surface area contributed by atoms with Crippen LogP contribution in [0.25, 0.3) is 0 Å². The second kappa shape index (κ2) is 4.55. The SMILES string of the molecule is CCNc1ncc(F)cc1C(=O)NC1CC1(C)C. The highest BCUT2D eigenvalue weighted by Gasteiger charge is 2.46. The van der Waals surface area contributed by atoms with Gasteiger partial charge in [-0.05, 0) is 24.8 Å². The number of nitrogens with zero attached hydrogens (tertiary/aromatic N) is 1. The van der Waals surface area contributed by atoms with E-state index in [9.17, 15) is 9.18 Å². The molecule has 1 fully saturated rings. The van der Waals surface area contributed by atoms with E-state index >= 15 is 0 Å². The number of anilines is 1. The van der Waals surface area contributed by atoms with Gasteiger partial charge >= 0.3 is 0 Å². The van der Waals surface area contributed by atoms with Gasteiger partial charge in [-0.15, -0.1) is 0 Å². The minimum Gasteiger partial charge on any atom is -0.370 e. The van der Waals surface area contributed by atoms with Crippen molar-refractivity contribution in [3.63, 3.8) is 0 Å². The van der Waals surface area contributed by atoms with Crippen LogP contribution in [0.15, 0.2) is 12.3 Å². The fourth-order valence-corrected chi connectivity index (χ4v) is 1.87. The molecule has 1 aliphatic carbocycles. The summed E-state index contributed by atoms with van der Waals surface area (Å²) >= 11 is 0. The average Bonchev–Trinajstić information content (AvgIpc) is 2.88. The van der Waals surface area contributed by atoms with E-state index in [1.54, 1.807) is 0 Å². The van der Waals surface area contributed by atoms with E-state index < -0.39 is 5.82 Å². The van der Waals surface area contributed by atoms with Gasteiger partial charge in [0.15, 0.2) is 0 Å². The molecule has 18 heavy (non-hydrogen) atoms. The van der Waals surface area contributed by atoms with Crippen LogP contribution >= 0.6 is 0 Å². The number of rotatable bonds is 4. The van der Waals surface area contributed by atoms with Gasteiger partial charge in [-0.2, -0.15) is 0 Å². The zero-order valence-corrected chi connectivity index (χ0v) is 10.9. The third kappa shape index (κ3) is 2.60. The summed E-state index contributed by atoms with van der Waals surface area (Å²) in [5.41, 5.74) is 0.411. The van der Waals surface area contributed by atoms with Crippen LogP contribution in [0.4, 0.5) is 10.2 Å². The third-order valence-electron chi connectivity index (χ3n) is 3.26. The number of nitrogens with one attached hydrogen (secondary N) is 2. The highest BCUT2D eigenvalue weighted by Crippen LogP contribution is 2.44. The van der Waals surface area contributed by atoms with Gasteiger partial charge in [0.2, 0.25) is 0 Å². The minimum atomic E-state index is -0.503. The molecule has 2 rings (SSSR count). The maximum Gasteiger partial charge on any atom is 0.255 e. The van der Waals surface area contributed by atoms with Crippen LogP contribution in [0.1, 0.15) is 37.6 Å². The lowest BCUT2D eigenvalue weighted by Gasteiger charge is -2.11. The van der Waals surface area contributed by atoms with Crippen molar-refractivity contribution in [3.8, 4) is 0 Å². The Balaban J connectivity index is 2.15. The van der Waals surface area contributed by atoms with Crippen LogP contribution in [-0.4, -0.2) is 23.5 Å². The summed E-state index contributed by atoms with van der Waals surface area (Å²) in [6, 6.07) is 1.39. The van der Waals surface area contributed by atoms with Crippen LogP contribution in [0.5, 0.6) is 0 Å². The maximum absolute atomic E-state index is 13.2. The van der Waals surface area contributed by atoms with Crippen molar-refractivity contribution in [1.82, 2.24) is 10.3 Å². The van der Waals surface area contributed by atoms with Crippen LogP contribution in [0.2, 0.25) is 0 Å². The molecule has 1 atom stereocenters. The summed E-state index contributed by atoms with van der Waals surface area (Å²) in [6.45, 7) is 6.71. The first-order chi connectivity index (χ1) is 8.44. The van der Waals surface area contributed by atoms with Crippen molar-refractivity contribution in [2.75, 3.05) is 11.9 Å². The summed E-state index contributed by atoms with van der Waals surface area (Å²) in [5.74, 6) is -0.347. The van der Waals surface area contributed by atoms with E-state index in [-0.39, 0.29) is 22.9 Å². The molecule has 2 N–H and O–H groups in total. The van der Waals surface area contributed by atoms with Crippen molar-refractivity contribution in [1.29, 1.82) is 0 Å². The number of aromatic nitrogens is 1. The lowest BCUT2D eigenvalue weighted by atomic mass is 10.2. The molecule has 1 heterocycles. The number of hydrogen-bond acceptors (Lipinski definition) is 3. The Kier molecular flexibility index (Phi) is 3.24. The van der Waals surface area contributed by atoms with Gasteiger partial charge in [-0.3, -0.25) is 4.79 Å². The second-order valence-corrected chi connectivity index (χ2v) is 5.30.